The molecule has 2 rings (SSSR count). The third-order valence-electron chi connectivity index (χ3n) is 2.23. The molecule has 0 aliphatic rings. The standard InChI is InChI=1S/C10H13ClN4S/c1-3-12-10-13-4-8(16-10)6-15-7(2)9(11)5-14-15/h4-5H,3,6H2,1-2H3,(H,12,13). The number of anilines is 1. The number of nitrogens with zero attached hydrogens (tertiary/aromatic N) is 3. The normalized spacial score (nSPS) is 10.7. The van der Waals surface area contributed by atoms with Gasteiger partial charge in [-0.1, -0.05) is 11.6 Å². The molecule has 2 heterocycles. The van der Waals surface area contributed by atoms with Gasteiger partial charge in [-0.15, -0.1) is 11.3 Å². The molecule has 0 atom stereocenters. The van der Waals surface area contributed by atoms with Gasteiger partial charge in [0.2, 0.25) is 0 Å². The van der Waals surface area contributed by atoms with Crippen molar-refractivity contribution in [3.05, 3.63) is 28.0 Å². The lowest BCUT2D eigenvalue weighted by Crippen LogP contribution is -2.01. The number of aromatic nitrogens is 3. The monoisotopic (exact) mass is 256 g/mol. The Morgan fingerprint density at radius 2 is 2.31 bits per heavy atom. The van der Waals surface area contributed by atoms with Crippen LogP contribution in [0.4, 0.5) is 5.13 Å². The van der Waals surface area contributed by atoms with Gasteiger partial charge >= 0.3 is 0 Å². The van der Waals surface area contributed by atoms with Gasteiger partial charge in [-0.05, 0) is 13.8 Å². The quantitative estimate of drug-likeness (QED) is 0.915. The Labute approximate surface area is 103 Å². The number of nitrogens with one attached hydrogen (secondary N) is 1. The number of rotatable bonds is 4. The minimum atomic E-state index is 0.705. The van der Waals surface area contributed by atoms with Crippen LogP contribution in [0.2, 0.25) is 5.02 Å². The van der Waals surface area contributed by atoms with E-state index in [1.807, 2.05) is 17.8 Å². The highest BCUT2D eigenvalue weighted by molar-refractivity contribution is 7.15. The molecule has 86 valence electrons. The second-order valence-corrected chi connectivity index (χ2v) is 4.92. The molecule has 0 unspecified atom stereocenters. The van der Waals surface area contributed by atoms with Crippen LogP contribution in [0, 0.1) is 6.92 Å². The highest BCUT2D eigenvalue weighted by Crippen LogP contribution is 2.20. The Morgan fingerprint density at radius 3 is 2.94 bits per heavy atom. The second-order valence-electron chi connectivity index (χ2n) is 3.40. The molecule has 0 saturated carbocycles. The number of thiazole rings is 1. The molecule has 0 amide bonds. The van der Waals surface area contributed by atoms with Gasteiger partial charge in [-0.2, -0.15) is 5.10 Å². The Balaban J connectivity index is 2.11. The summed E-state index contributed by atoms with van der Waals surface area (Å²) in [7, 11) is 0. The lowest BCUT2D eigenvalue weighted by atomic mass is 10.4. The van der Waals surface area contributed by atoms with Crippen LogP contribution >= 0.6 is 22.9 Å². The number of halogens is 1. The topological polar surface area (TPSA) is 42.7 Å². The van der Waals surface area contributed by atoms with E-state index in [0.717, 1.165) is 23.9 Å². The van der Waals surface area contributed by atoms with E-state index in [2.05, 4.69) is 22.3 Å². The number of hydrogen-bond acceptors (Lipinski definition) is 4. The van der Waals surface area contributed by atoms with E-state index >= 15 is 0 Å². The van der Waals surface area contributed by atoms with Gasteiger partial charge in [0.25, 0.3) is 0 Å². The summed E-state index contributed by atoms with van der Waals surface area (Å²) in [6, 6.07) is 0. The Hall–Kier alpha value is -1.07. The fourth-order valence-electron chi connectivity index (χ4n) is 1.34. The van der Waals surface area contributed by atoms with Crippen molar-refractivity contribution in [3.63, 3.8) is 0 Å². The van der Waals surface area contributed by atoms with Crippen LogP contribution in [0.3, 0.4) is 0 Å². The van der Waals surface area contributed by atoms with Gasteiger partial charge in [0.15, 0.2) is 5.13 Å². The van der Waals surface area contributed by atoms with Gasteiger partial charge in [-0.25, -0.2) is 4.98 Å². The zero-order valence-electron chi connectivity index (χ0n) is 9.20. The van der Waals surface area contributed by atoms with Crippen molar-refractivity contribution in [2.75, 3.05) is 11.9 Å². The molecular formula is C10H13ClN4S. The van der Waals surface area contributed by atoms with Crippen molar-refractivity contribution < 1.29 is 0 Å². The summed E-state index contributed by atoms with van der Waals surface area (Å²) in [5.41, 5.74) is 0.986. The van der Waals surface area contributed by atoms with Gasteiger partial charge in [0.05, 0.1) is 23.5 Å². The Kier molecular flexibility index (Phi) is 3.46. The highest BCUT2D eigenvalue weighted by atomic mass is 35.5. The van der Waals surface area contributed by atoms with Gasteiger partial charge < -0.3 is 5.32 Å². The predicted molar refractivity (Wildman–Crippen MR) is 67.4 cm³/mol. The van der Waals surface area contributed by atoms with Crippen molar-refractivity contribution in [3.8, 4) is 0 Å². The van der Waals surface area contributed by atoms with E-state index < -0.39 is 0 Å². The summed E-state index contributed by atoms with van der Waals surface area (Å²) >= 11 is 7.59. The molecule has 16 heavy (non-hydrogen) atoms. The van der Waals surface area contributed by atoms with E-state index in [0.29, 0.717) is 5.02 Å². The van der Waals surface area contributed by atoms with Crippen molar-refractivity contribution in [2.24, 2.45) is 0 Å². The summed E-state index contributed by atoms with van der Waals surface area (Å²) < 4.78 is 1.88. The van der Waals surface area contributed by atoms with E-state index in [1.165, 1.54) is 4.88 Å². The van der Waals surface area contributed by atoms with Crippen LogP contribution in [-0.2, 0) is 6.54 Å². The minimum absolute atomic E-state index is 0.705. The molecular weight excluding hydrogens is 244 g/mol. The van der Waals surface area contributed by atoms with Crippen molar-refractivity contribution >= 4 is 28.1 Å². The van der Waals surface area contributed by atoms with Crippen LogP contribution in [0.15, 0.2) is 12.4 Å². The highest BCUT2D eigenvalue weighted by Gasteiger charge is 2.06. The second kappa shape index (κ2) is 4.84. The van der Waals surface area contributed by atoms with E-state index in [1.54, 1.807) is 17.5 Å². The maximum absolute atomic E-state index is 5.94. The molecule has 0 spiro atoms. The maximum Gasteiger partial charge on any atom is 0.182 e. The largest absolute Gasteiger partial charge is 0.362 e. The van der Waals surface area contributed by atoms with E-state index in [9.17, 15) is 0 Å². The first-order valence-corrected chi connectivity index (χ1v) is 6.26. The SMILES string of the molecule is CCNc1ncc(Cn2ncc(Cl)c2C)s1. The minimum Gasteiger partial charge on any atom is -0.362 e. The van der Waals surface area contributed by atoms with Crippen LogP contribution in [0.5, 0.6) is 0 Å². The smallest absolute Gasteiger partial charge is 0.182 e. The number of hydrogen-bond donors (Lipinski definition) is 1. The lowest BCUT2D eigenvalue weighted by Gasteiger charge is -2.01. The molecule has 1 N–H and O–H groups in total. The fourth-order valence-corrected chi connectivity index (χ4v) is 2.35. The molecule has 0 saturated heterocycles. The zero-order chi connectivity index (χ0) is 11.5. The average Bonchev–Trinajstić information content (AvgIpc) is 2.82. The first-order valence-electron chi connectivity index (χ1n) is 5.07. The van der Waals surface area contributed by atoms with Crippen LogP contribution in [0.1, 0.15) is 17.5 Å². The van der Waals surface area contributed by atoms with Gasteiger partial charge in [-0.3, -0.25) is 4.68 Å². The summed E-state index contributed by atoms with van der Waals surface area (Å²) in [5, 5.41) is 9.05. The summed E-state index contributed by atoms with van der Waals surface area (Å²) in [6.45, 7) is 5.63. The molecule has 2 aromatic heterocycles. The van der Waals surface area contributed by atoms with Crippen molar-refractivity contribution in [1.82, 2.24) is 14.8 Å². The zero-order valence-corrected chi connectivity index (χ0v) is 10.8. The first-order chi connectivity index (χ1) is 7.70. The molecule has 2 aromatic rings. The molecule has 0 aliphatic carbocycles. The van der Waals surface area contributed by atoms with Gasteiger partial charge in [0, 0.05) is 17.6 Å². The Bertz CT molecular complexity index is 477. The first kappa shape index (κ1) is 11.4. The van der Waals surface area contributed by atoms with Crippen molar-refractivity contribution in [2.45, 2.75) is 20.4 Å². The van der Waals surface area contributed by atoms with E-state index in [-0.39, 0.29) is 0 Å². The van der Waals surface area contributed by atoms with Gasteiger partial charge in [0.1, 0.15) is 0 Å². The van der Waals surface area contributed by atoms with Crippen LogP contribution < -0.4 is 5.32 Å². The Morgan fingerprint density at radius 1 is 1.50 bits per heavy atom. The average molecular weight is 257 g/mol. The lowest BCUT2D eigenvalue weighted by molar-refractivity contribution is 0.671. The fraction of sp³-hybridized carbons (Fsp3) is 0.400. The summed E-state index contributed by atoms with van der Waals surface area (Å²) in [4.78, 5) is 5.44. The molecule has 0 aliphatic heterocycles. The third kappa shape index (κ3) is 2.36. The van der Waals surface area contributed by atoms with Crippen LogP contribution in [0.25, 0.3) is 0 Å². The maximum atomic E-state index is 5.94. The molecule has 0 radical (unpaired) electrons. The molecule has 0 fully saturated rings. The summed E-state index contributed by atoms with van der Waals surface area (Å²) in [6.07, 6.45) is 3.54. The molecule has 6 heteroatoms. The third-order valence-corrected chi connectivity index (χ3v) is 3.54. The van der Waals surface area contributed by atoms with Crippen LogP contribution in [-0.4, -0.2) is 21.3 Å². The van der Waals surface area contributed by atoms with Crippen molar-refractivity contribution in [1.29, 1.82) is 0 Å². The molecule has 0 aromatic carbocycles. The molecule has 4 nitrogen and oxygen atoms in total. The summed E-state index contributed by atoms with van der Waals surface area (Å²) in [5.74, 6) is 0. The molecule has 0 bridgehead atoms. The predicted octanol–water partition coefficient (Wildman–Crippen LogP) is 2.78. The van der Waals surface area contributed by atoms with E-state index in [4.69, 9.17) is 11.6 Å².